The van der Waals surface area contributed by atoms with Crippen molar-refractivity contribution >= 4 is 27.7 Å². The highest BCUT2D eigenvalue weighted by atomic mass is 79.9. The molecule has 1 nitrogen and oxygen atoms in total. The molecule has 3 heteroatoms. The second-order valence-corrected chi connectivity index (χ2v) is 8.18. The van der Waals surface area contributed by atoms with Crippen LogP contribution in [-0.4, -0.2) is 23.6 Å². The Morgan fingerprint density at radius 3 is 2.85 bits per heavy atom. The first-order valence-corrected chi connectivity index (χ1v) is 9.90. The lowest BCUT2D eigenvalue weighted by Gasteiger charge is -2.36. The molecule has 0 amide bonds. The van der Waals surface area contributed by atoms with Gasteiger partial charge in [0, 0.05) is 21.8 Å². The van der Waals surface area contributed by atoms with Gasteiger partial charge in [-0.1, -0.05) is 34.8 Å². The fraction of sp³-hybridized carbons (Fsp3) is 0.647. The van der Waals surface area contributed by atoms with Crippen molar-refractivity contribution in [1.29, 1.82) is 0 Å². The van der Waals surface area contributed by atoms with Crippen molar-refractivity contribution in [2.24, 2.45) is 0 Å². The van der Waals surface area contributed by atoms with Crippen molar-refractivity contribution in [2.75, 3.05) is 6.26 Å². The highest BCUT2D eigenvalue weighted by molar-refractivity contribution is 9.10. The quantitative estimate of drug-likeness (QED) is 0.853. The van der Waals surface area contributed by atoms with Gasteiger partial charge < -0.3 is 5.32 Å². The van der Waals surface area contributed by atoms with Crippen molar-refractivity contribution < 1.29 is 0 Å². The molecule has 0 saturated heterocycles. The van der Waals surface area contributed by atoms with E-state index >= 15 is 0 Å². The smallest absolute Gasteiger partial charge is 0.0198 e. The lowest BCUT2D eigenvalue weighted by Crippen LogP contribution is -2.47. The Balaban J connectivity index is 1.63. The summed E-state index contributed by atoms with van der Waals surface area (Å²) < 4.78 is 1.22. The molecule has 3 unspecified atom stereocenters. The number of rotatable bonds is 3. The highest BCUT2D eigenvalue weighted by Gasteiger charge is 2.28. The number of hydrogen-bond donors (Lipinski definition) is 1. The monoisotopic (exact) mass is 353 g/mol. The number of hydrogen-bond acceptors (Lipinski definition) is 2. The third kappa shape index (κ3) is 3.42. The van der Waals surface area contributed by atoms with Gasteiger partial charge in [-0.15, -0.1) is 0 Å². The number of halogens is 1. The first-order valence-electron chi connectivity index (χ1n) is 7.82. The van der Waals surface area contributed by atoms with Crippen LogP contribution in [0.5, 0.6) is 0 Å². The predicted octanol–water partition coefficient (Wildman–Crippen LogP) is 4.57. The molecule has 20 heavy (non-hydrogen) atoms. The average molecular weight is 354 g/mol. The summed E-state index contributed by atoms with van der Waals surface area (Å²) in [7, 11) is 0. The molecule has 3 atom stereocenters. The van der Waals surface area contributed by atoms with Crippen LogP contribution < -0.4 is 5.32 Å². The summed E-state index contributed by atoms with van der Waals surface area (Å²) in [5.74, 6) is 0. The van der Waals surface area contributed by atoms with Gasteiger partial charge in [-0.25, -0.2) is 0 Å². The third-order valence-corrected chi connectivity index (χ3v) is 6.51. The van der Waals surface area contributed by atoms with E-state index in [4.69, 9.17) is 0 Å². The molecule has 2 aliphatic rings. The Morgan fingerprint density at radius 2 is 2.00 bits per heavy atom. The molecule has 1 N–H and O–H groups in total. The van der Waals surface area contributed by atoms with E-state index in [2.05, 4.69) is 57.5 Å². The average Bonchev–Trinajstić information content (AvgIpc) is 2.48. The lowest BCUT2D eigenvalue weighted by atomic mass is 9.86. The minimum absolute atomic E-state index is 0.682. The molecule has 0 heterocycles. The Hall–Kier alpha value is 0.01000. The minimum Gasteiger partial charge on any atom is -0.310 e. The number of nitrogens with one attached hydrogen (secondary N) is 1. The fourth-order valence-electron chi connectivity index (χ4n) is 3.74. The molecular weight excluding hydrogens is 330 g/mol. The summed E-state index contributed by atoms with van der Waals surface area (Å²) in [6, 6.07) is 8.21. The van der Waals surface area contributed by atoms with E-state index in [1.54, 1.807) is 11.1 Å². The zero-order valence-electron chi connectivity index (χ0n) is 12.2. The van der Waals surface area contributed by atoms with Crippen LogP contribution >= 0.6 is 27.7 Å². The first-order chi connectivity index (χ1) is 9.76. The first kappa shape index (κ1) is 14.9. The van der Waals surface area contributed by atoms with Crippen LogP contribution in [0.4, 0.5) is 0 Å². The van der Waals surface area contributed by atoms with Gasteiger partial charge in [-0.05, 0) is 61.6 Å². The number of thioether (sulfide) groups is 1. The molecule has 0 radical (unpaired) electrons. The topological polar surface area (TPSA) is 12.0 Å². The summed E-state index contributed by atoms with van der Waals surface area (Å²) in [4.78, 5) is 0. The zero-order valence-corrected chi connectivity index (χ0v) is 14.6. The number of fused-ring (bicyclic) bond motifs is 1. The van der Waals surface area contributed by atoms with E-state index in [0.29, 0.717) is 6.04 Å². The largest absolute Gasteiger partial charge is 0.310 e. The maximum absolute atomic E-state index is 3.98. The van der Waals surface area contributed by atoms with Crippen molar-refractivity contribution in [1.82, 2.24) is 5.32 Å². The van der Waals surface area contributed by atoms with Gasteiger partial charge in [0.05, 0.1) is 0 Å². The van der Waals surface area contributed by atoms with Crippen LogP contribution in [0.3, 0.4) is 0 Å². The molecule has 1 aromatic rings. The van der Waals surface area contributed by atoms with Crippen molar-refractivity contribution in [3.8, 4) is 0 Å². The van der Waals surface area contributed by atoms with Crippen LogP contribution in [0.2, 0.25) is 0 Å². The van der Waals surface area contributed by atoms with E-state index in [-0.39, 0.29) is 0 Å². The molecule has 0 bridgehead atoms. The molecular formula is C17H24BrNS. The van der Waals surface area contributed by atoms with Crippen molar-refractivity contribution in [3.05, 3.63) is 33.8 Å². The van der Waals surface area contributed by atoms with Crippen LogP contribution in [0, 0.1) is 0 Å². The molecule has 1 saturated carbocycles. The van der Waals surface area contributed by atoms with Gasteiger partial charge in [0.15, 0.2) is 0 Å². The minimum atomic E-state index is 0.682. The van der Waals surface area contributed by atoms with E-state index in [1.807, 2.05) is 0 Å². The van der Waals surface area contributed by atoms with Gasteiger partial charge in [0.25, 0.3) is 0 Å². The van der Waals surface area contributed by atoms with Gasteiger partial charge in [0.1, 0.15) is 0 Å². The van der Waals surface area contributed by atoms with E-state index in [1.165, 1.54) is 49.4 Å². The molecule has 110 valence electrons. The van der Waals surface area contributed by atoms with Crippen LogP contribution in [0.1, 0.15) is 43.2 Å². The Kier molecular flexibility index (Phi) is 5.11. The van der Waals surface area contributed by atoms with Crippen LogP contribution in [-0.2, 0) is 12.8 Å². The maximum atomic E-state index is 3.98. The molecule has 0 spiro atoms. The maximum Gasteiger partial charge on any atom is 0.0198 e. The fourth-order valence-corrected chi connectivity index (χ4v) is 5.09. The normalized spacial score (nSPS) is 30.0. The van der Waals surface area contributed by atoms with Crippen molar-refractivity contribution in [3.63, 3.8) is 0 Å². The Bertz CT molecular complexity index is 462. The predicted molar refractivity (Wildman–Crippen MR) is 92.6 cm³/mol. The summed E-state index contributed by atoms with van der Waals surface area (Å²) in [6.07, 6.45) is 11.6. The highest BCUT2D eigenvalue weighted by Crippen LogP contribution is 2.30. The summed E-state index contributed by atoms with van der Waals surface area (Å²) in [5.41, 5.74) is 3.09. The Morgan fingerprint density at radius 1 is 1.15 bits per heavy atom. The second-order valence-electron chi connectivity index (χ2n) is 6.18. The molecule has 1 fully saturated rings. The van der Waals surface area contributed by atoms with Gasteiger partial charge in [0.2, 0.25) is 0 Å². The van der Waals surface area contributed by atoms with E-state index in [9.17, 15) is 0 Å². The summed E-state index contributed by atoms with van der Waals surface area (Å²) >= 11 is 5.65. The lowest BCUT2D eigenvalue weighted by molar-refractivity contribution is 0.328. The molecule has 0 aliphatic heterocycles. The molecule has 0 aromatic heterocycles. The zero-order chi connectivity index (χ0) is 13.9. The number of benzene rings is 1. The van der Waals surface area contributed by atoms with E-state index < -0.39 is 0 Å². The molecule has 3 rings (SSSR count). The Labute approximate surface area is 135 Å². The van der Waals surface area contributed by atoms with Crippen molar-refractivity contribution in [2.45, 2.75) is 62.3 Å². The molecule has 1 aromatic carbocycles. The summed E-state index contributed by atoms with van der Waals surface area (Å²) in [5, 5.41) is 4.81. The molecule has 2 aliphatic carbocycles. The van der Waals surface area contributed by atoms with Crippen LogP contribution in [0.15, 0.2) is 22.7 Å². The summed E-state index contributed by atoms with van der Waals surface area (Å²) in [6.45, 7) is 0. The van der Waals surface area contributed by atoms with Gasteiger partial charge in [-0.3, -0.25) is 0 Å². The number of aryl methyl sites for hydroxylation is 1. The second kappa shape index (κ2) is 6.85. The van der Waals surface area contributed by atoms with Gasteiger partial charge >= 0.3 is 0 Å². The third-order valence-electron chi connectivity index (χ3n) is 4.85. The van der Waals surface area contributed by atoms with E-state index in [0.717, 1.165) is 11.3 Å². The van der Waals surface area contributed by atoms with Gasteiger partial charge in [-0.2, -0.15) is 11.8 Å². The SMILES string of the molecule is CSC1CCCCC1NC1CCc2cc(Br)ccc2C1. The van der Waals surface area contributed by atoms with Crippen LogP contribution in [0.25, 0.3) is 0 Å². The standard InChI is InChI=1S/C17H24BrNS/c1-20-17-5-3-2-4-16(17)19-15-9-7-12-10-14(18)8-6-13(12)11-15/h6,8,10,15-17,19H,2-5,7,9,11H2,1H3.